The highest BCUT2D eigenvalue weighted by molar-refractivity contribution is 6.30. The number of rotatable bonds is 3. The summed E-state index contributed by atoms with van der Waals surface area (Å²) in [5, 5.41) is 0.589. The van der Waals surface area contributed by atoms with Gasteiger partial charge in [0.15, 0.2) is 16.9 Å². The molecule has 0 radical (unpaired) electrons. The molecule has 5 aromatic rings. The van der Waals surface area contributed by atoms with E-state index in [9.17, 15) is 14.0 Å². The van der Waals surface area contributed by atoms with Crippen LogP contribution in [0, 0.1) is 5.82 Å². The summed E-state index contributed by atoms with van der Waals surface area (Å²) in [6, 6.07) is 13.1. The van der Waals surface area contributed by atoms with Crippen molar-refractivity contribution in [1.29, 1.82) is 0 Å². The molecular weight excluding hydrogens is 411 g/mol. The van der Waals surface area contributed by atoms with E-state index >= 15 is 0 Å². The third-order valence-corrected chi connectivity index (χ3v) is 5.26. The lowest BCUT2D eigenvalue weighted by molar-refractivity contribution is 0.582. The van der Waals surface area contributed by atoms with Crippen LogP contribution in [0.25, 0.3) is 28.3 Å². The SMILES string of the molecule is Cn1c(=O)n(Cc2ccccc2F)c(=O)c2c1nc1oc(-c3ccc(Cl)cc3)cn12. The summed E-state index contributed by atoms with van der Waals surface area (Å²) < 4.78 is 23.6. The Bertz CT molecular complexity index is 1540. The van der Waals surface area contributed by atoms with E-state index in [0.29, 0.717) is 10.8 Å². The van der Waals surface area contributed by atoms with Crippen LogP contribution in [0.3, 0.4) is 0 Å². The van der Waals surface area contributed by atoms with Crippen molar-refractivity contribution in [3.8, 4) is 11.3 Å². The Kier molecular flexibility index (Phi) is 4.11. The van der Waals surface area contributed by atoms with Crippen LogP contribution in [0.2, 0.25) is 5.02 Å². The van der Waals surface area contributed by atoms with Crippen LogP contribution < -0.4 is 11.2 Å². The van der Waals surface area contributed by atoms with Crippen molar-refractivity contribution in [3.63, 3.8) is 0 Å². The average molecular weight is 425 g/mol. The summed E-state index contributed by atoms with van der Waals surface area (Å²) in [6.45, 7) is -0.191. The molecule has 3 heterocycles. The fourth-order valence-electron chi connectivity index (χ4n) is 3.44. The number of fused-ring (bicyclic) bond motifs is 3. The molecule has 0 atom stereocenters. The summed E-state index contributed by atoms with van der Waals surface area (Å²) in [5.41, 5.74) is 0.200. The molecule has 2 aromatic carbocycles. The molecule has 0 aliphatic carbocycles. The van der Waals surface area contributed by atoms with Gasteiger partial charge in [-0.05, 0) is 30.3 Å². The maximum atomic E-state index is 14.1. The standard InChI is InChI=1S/C21H14ClFN4O3/c1-25-18-17(19(28)27(21(25)29)10-13-4-2-3-5-15(13)23)26-11-16(30-20(26)24-18)12-6-8-14(22)9-7-12/h2-9,11H,10H2,1H3. The Hall–Kier alpha value is -3.65. The third kappa shape index (κ3) is 2.76. The van der Waals surface area contributed by atoms with E-state index in [1.165, 1.54) is 28.1 Å². The highest BCUT2D eigenvalue weighted by Crippen LogP contribution is 2.25. The molecule has 0 spiro atoms. The topological polar surface area (TPSA) is 74.4 Å². The number of hydrogen-bond acceptors (Lipinski definition) is 4. The predicted octanol–water partition coefficient (Wildman–Crippen LogP) is 3.45. The second-order valence-electron chi connectivity index (χ2n) is 6.86. The minimum Gasteiger partial charge on any atom is -0.423 e. The maximum Gasteiger partial charge on any atom is 0.332 e. The molecule has 0 aliphatic heterocycles. The molecule has 3 aromatic heterocycles. The molecule has 0 bridgehead atoms. The Labute approximate surface area is 173 Å². The molecule has 9 heteroatoms. The molecular formula is C21H14ClFN4O3. The van der Waals surface area contributed by atoms with Crippen molar-refractivity contribution < 1.29 is 8.81 Å². The lowest BCUT2D eigenvalue weighted by Gasteiger charge is -2.08. The van der Waals surface area contributed by atoms with Crippen molar-refractivity contribution in [1.82, 2.24) is 18.5 Å². The van der Waals surface area contributed by atoms with Gasteiger partial charge in [0.1, 0.15) is 5.82 Å². The maximum absolute atomic E-state index is 14.1. The number of aryl methyl sites for hydroxylation is 1. The van der Waals surface area contributed by atoms with E-state index < -0.39 is 17.1 Å². The third-order valence-electron chi connectivity index (χ3n) is 5.01. The van der Waals surface area contributed by atoms with Gasteiger partial charge in [-0.3, -0.25) is 18.3 Å². The van der Waals surface area contributed by atoms with Gasteiger partial charge in [-0.2, -0.15) is 4.98 Å². The largest absolute Gasteiger partial charge is 0.423 e. The minimum atomic E-state index is -0.588. The summed E-state index contributed by atoms with van der Waals surface area (Å²) in [5.74, 6) is 0.175. The molecule has 7 nitrogen and oxygen atoms in total. The first-order valence-electron chi connectivity index (χ1n) is 9.05. The number of nitrogens with zero attached hydrogens (tertiary/aromatic N) is 4. The van der Waals surface area contributed by atoms with Gasteiger partial charge in [0.25, 0.3) is 5.56 Å². The highest BCUT2D eigenvalue weighted by Gasteiger charge is 2.20. The number of hydrogen-bond donors (Lipinski definition) is 0. The van der Waals surface area contributed by atoms with Gasteiger partial charge in [-0.25, -0.2) is 9.18 Å². The Morgan fingerprint density at radius 1 is 1.10 bits per heavy atom. The monoisotopic (exact) mass is 424 g/mol. The van der Waals surface area contributed by atoms with E-state index in [-0.39, 0.29) is 29.1 Å². The molecule has 0 unspecified atom stereocenters. The first-order valence-corrected chi connectivity index (χ1v) is 9.42. The van der Waals surface area contributed by atoms with Crippen LogP contribution in [0.4, 0.5) is 4.39 Å². The van der Waals surface area contributed by atoms with Crippen LogP contribution in [0.1, 0.15) is 5.56 Å². The fourth-order valence-corrected chi connectivity index (χ4v) is 3.56. The first-order chi connectivity index (χ1) is 14.4. The Balaban J connectivity index is 1.73. The zero-order valence-corrected chi connectivity index (χ0v) is 16.4. The van der Waals surface area contributed by atoms with Crippen LogP contribution in [-0.4, -0.2) is 18.5 Å². The highest BCUT2D eigenvalue weighted by atomic mass is 35.5. The summed E-state index contributed by atoms with van der Waals surface area (Å²) in [4.78, 5) is 30.3. The lowest BCUT2D eigenvalue weighted by atomic mass is 10.2. The molecule has 0 saturated heterocycles. The van der Waals surface area contributed by atoms with E-state index in [0.717, 1.165) is 10.1 Å². The number of imidazole rings is 1. The molecule has 0 aliphatic rings. The van der Waals surface area contributed by atoms with E-state index in [2.05, 4.69) is 4.98 Å². The van der Waals surface area contributed by atoms with Gasteiger partial charge in [0.05, 0.1) is 12.7 Å². The molecule has 0 amide bonds. The van der Waals surface area contributed by atoms with Crippen LogP contribution >= 0.6 is 11.6 Å². The van der Waals surface area contributed by atoms with Gasteiger partial charge in [-0.1, -0.05) is 29.8 Å². The van der Waals surface area contributed by atoms with Crippen molar-refractivity contribution in [3.05, 3.63) is 92.0 Å². The zero-order chi connectivity index (χ0) is 21.0. The molecule has 0 fully saturated rings. The van der Waals surface area contributed by atoms with Gasteiger partial charge < -0.3 is 4.42 Å². The Morgan fingerprint density at radius 3 is 2.57 bits per heavy atom. The van der Waals surface area contributed by atoms with Gasteiger partial charge >= 0.3 is 11.5 Å². The smallest absolute Gasteiger partial charge is 0.332 e. The zero-order valence-electron chi connectivity index (χ0n) is 15.7. The van der Waals surface area contributed by atoms with E-state index in [1.54, 1.807) is 42.6 Å². The van der Waals surface area contributed by atoms with E-state index in [4.69, 9.17) is 16.0 Å². The molecule has 30 heavy (non-hydrogen) atoms. The van der Waals surface area contributed by atoms with Crippen molar-refractivity contribution in [2.24, 2.45) is 7.05 Å². The van der Waals surface area contributed by atoms with Crippen LogP contribution in [0.15, 0.2) is 68.7 Å². The van der Waals surface area contributed by atoms with Crippen molar-refractivity contribution in [2.45, 2.75) is 6.54 Å². The molecule has 5 rings (SSSR count). The number of oxazole rings is 1. The number of aromatic nitrogens is 4. The van der Waals surface area contributed by atoms with Crippen LogP contribution in [-0.2, 0) is 13.6 Å². The van der Waals surface area contributed by atoms with E-state index in [1.807, 2.05) is 0 Å². The second-order valence-corrected chi connectivity index (χ2v) is 7.30. The quantitative estimate of drug-likeness (QED) is 0.444. The first kappa shape index (κ1) is 18.4. The minimum absolute atomic E-state index is 0.172. The lowest BCUT2D eigenvalue weighted by Crippen LogP contribution is -2.39. The van der Waals surface area contributed by atoms with Gasteiger partial charge in [-0.15, -0.1) is 0 Å². The molecule has 0 N–H and O–H groups in total. The summed E-state index contributed by atoms with van der Waals surface area (Å²) in [6.07, 6.45) is 1.63. The normalized spacial score (nSPS) is 11.6. The molecule has 0 saturated carbocycles. The second kappa shape index (κ2) is 6.70. The molecule has 150 valence electrons. The van der Waals surface area contributed by atoms with Crippen molar-refractivity contribution >= 4 is 28.6 Å². The van der Waals surface area contributed by atoms with Gasteiger partial charge in [0, 0.05) is 23.2 Å². The number of halogens is 2. The summed E-state index contributed by atoms with van der Waals surface area (Å²) in [7, 11) is 1.51. The predicted molar refractivity (Wildman–Crippen MR) is 110 cm³/mol. The number of benzene rings is 2. The van der Waals surface area contributed by atoms with Gasteiger partial charge in [0.2, 0.25) is 0 Å². The fraction of sp³-hybridized carbons (Fsp3) is 0.0952. The Morgan fingerprint density at radius 2 is 1.83 bits per heavy atom. The van der Waals surface area contributed by atoms with Crippen molar-refractivity contribution in [2.75, 3.05) is 0 Å². The summed E-state index contributed by atoms with van der Waals surface area (Å²) >= 11 is 5.93. The van der Waals surface area contributed by atoms with Crippen LogP contribution in [0.5, 0.6) is 0 Å². The average Bonchev–Trinajstić information content (AvgIpc) is 3.29.